The van der Waals surface area contributed by atoms with Gasteiger partial charge in [-0.2, -0.15) is 0 Å². The standard InChI is InChI=1S/C10H22N2O.C2H6/c1-10(2)9-11-3-4-12-5-7-13-8-6-12;1-2/h10-11H,3-9H2,1-2H3;1-2H3. The molecule has 0 bridgehead atoms. The molecule has 0 atom stereocenters. The minimum Gasteiger partial charge on any atom is -0.379 e. The molecule has 0 saturated carbocycles. The minimum atomic E-state index is 0.754. The van der Waals surface area contributed by atoms with Gasteiger partial charge in [0, 0.05) is 26.2 Å². The smallest absolute Gasteiger partial charge is 0.0594 e. The number of rotatable bonds is 5. The summed E-state index contributed by atoms with van der Waals surface area (Å²) < 4.78 is 5.28. The molecule has 1 saturated heterocycles. The predicted molar refractivity (Wildman–Crippen MR) is 66.3 cm³/mol. The monoisotopic (exact) mass is 216 g/mol. The highest BCUT2D eigenvalue weighted by Crippen LogP contribution is 1.95. The summed E-state index contributed by atoms with van der Waals surface area (Å²) in [6.45, 7) is 15.9. The van der Waals surface area contributed by atoms with E-state index in [0.29, 0.717) is 0 Å². The Kier molecular flexibility index (Phi) is 10.3. The van der Waals surface area contributed by atoms with Crippen LogP contribution in [0.5, 0.6) is 0 Å². The van der Waals surface area contributed by atoms with Gasteiger partial charge in [-0.1, -0.05) is 27.7 Å². The molecule has 1 aliphatic rings. The molecule has 0 aromatic carbocycles. The molecule has 1 heterocycles. The van der Waals surface area contributed by atoms with Crippen molar-refractivity contribution in [2.75, 3.05) is 45.9 Å². The molecule has 0 radical (unpaired) electrons. The molecule has 1 aliphatic heterocycles. The normalized spacial score (nSPS) is 17.4. The molecule has 1 rings (SSSR count). The highest BCUT2D eigenvalue weighted by atomic mass is 16.5. The van der Waals surface area contributed by atoms with Crippen LogP contribution in [0.2, 0.25) is 0 Å². The SMILES string of the molecule is CC.CC(C)CNCCN1CCOCC1. The van der Waals surface area contributed by atoms with Gasteiger partial charge in [-0.25, -0.2) is 0 Å². The summed E-state index contributed by atoms with van der Waals surface area (Å²) in [5.74, 6) is 0.754. The Morgan fingerprint density at radius 1 is 1.20 bits per heavy atom. The van der Waals surface area contributed by atoms with Crippen LogP contribution in [0.25, 0.3) is 0 Å². The van der Waals surface area contributed by atoms with E-state index in [1.54, 1.807) is 0 Å². The van der Waals surface area contributed by atoms with Gasteiger partial charge >= 0.3 is 0 Å². The van der Waals surface area contributed by atoms with Crippen LogP contribution in [-0.4, -0.2) is 50.8 Å². The maximum Gasteiger partial charge on any atom is 0.0594 e. The number of hydrogen-bond donors (Lipinski definition) is 1. The number of hydrogen-bond acceptors (Lipinski definition) is 3. The Balaban J connectivity index is 0.000000921. The molecule has 1 N–H and O–H groups in total. The fraction of sp³-hybridized carbons (Fsp3) is 1.00. The first-order valence-corrected chi connectivity index (χ1v) is 6.30. The molecule has 15 heavy (non-hydrogen) atoms. The fourth-order valence-electron chi connectivity index (χ4n) is 1.45. The van der Waals surface area contributed by atoms with Crippen molar-refractivity contribution in [3.8, 4) is 0 Å². The fourth-order valence-corrected chi connectivity index (χ4v) is 1.45. The molecule has 1 fully saturated rings. The Bertz CT molecular complexity index is 123. The van der Waals surface area contributed by atoms with Crippen LogP contribution in [0.3, 0.4) is 0 Å². The van der Waals surface area contributed by atoms with Gasteiger partial charge in [0.25, 0.3) is 0 Å². The average Bonchev–Trinajstić information content (AvgIpc) is 2.28. The van der Waals surface area contributed by atoms with Gasteiger partial charge in [-0.15, -0.1) is 0 Å². The lowest BCUT2D eigenvalue weighted by Gasteiger charge is -2.26. The topological polar surface area (TPSA) is 24.5 Å². The van der Waals surface area contributed by atoms with E-state index in [9.17, 15) is 0 Å². The lowest BCUT2D eigenvalue weighted by atomic mass is 10.2. The highest BCUT2D eigenvalue weighted by molar-refractivity contribution is 4.63. The molecule has 0 aromatic rings. The van der Waals surface area contributed by atoms with Crippen LogP contribution in [0, 0.1) is 5.92 Å². The van der Waals surface area contributed by atoms with E-state index in [0.717, 1.165) is 51.9 Å². The molecule has 0 spiro atoms. The number of nitrogens with zero attached hydrogens (tertiary/aromatic N) is 1. The first-order chi connectivity index (χ1) is 7.29. The molecule has 92 valence electrons. The second kappa shape index (κ2) is 10.4. The zero-order valence-electron chi connectivity index (χ0n) is 10.9. The molecule has 0 amide bonds. The van der Waals surface area contributed by atoms with E-state index in [2.05, 4.69) is 24.1 Å². The summed E-state index contributed by atoms with van der Waals surface area (Å²) in [6, 6.07) is 0. The molecule has 3 heteroatoms. The highest BCUT2D eigenvalue weighted by Gasteiger charge is 2.08. The van der Waals surface area contributed by atoms with Gasteiger partial charge < -0.3 is 10.1 Å². The van der Waals surface area contributed by atoms with E-state index in [1.165, 1.54) is 0 Å². The van der Waals surface area contributed by atoms with Crippen molar-refractivity contribution in [1.29, 1.82) is 0 Å². The minimum absolute atomic E-state index is 0.754. The molecule has 3 nitrogen and oxygen atoms in total. The molecular formula is C12H28N2O. The first kappa shape index (κ1) is 14.9. The molecular weight excluding hydrogens is 188 g/mol. The van der Waals surface area contributed by atoms with Crippen LogP contribution < -0.4 is 5.32 Å². The quantitative estimate of drug-likeness (QED) is 0.706. The van der Waals surface area contributed by atoms with E-state index < -0.39 is 0 Å². The number of ether oxygens (including phenoxy) is 1. The van der Waals surface area contributed by atoms with Gasteiger partial charge in [-0.05, 0) is 12.5 Å². The van der Waals surface area contributed by atoms with Crippen molar-refractivity contribution < 1.29 is 4.74 Å². The predicted octanol–water partition coefficient (Wildman–Crippen LogP) is 1.59. The maximum absolute atomic E-state index is 5.28. The van der Waals surface area contributed by atoms with Gasteiger partial charge in [0.15, 0.2) is 0 Å². The van der Waals surface area contributed by atoms with Crippen LogP contribution >= 0.6 is 0 Å². The van der Waals surface area contributed by atoms with E-state index >= 15 is 0 Å². The van der Waals surface area contributed by atoms with E-state index in [-0.39, 0.29) is 0 Å². The third kappa shape index (κ3) is 8.85. The average molecular weight is 216 g/mol. The van der Waals surface area contributed by atoms with Crippen molar-refractivity contribution in [2.24, 2.45) is 5.92 Å². The summed E-state index contributed by atoms with van der Waals surface area (Å²) in [4.78, 5) is 2.46. The second-order valence-corrected chi connectivity index (χ2v) is 4.05. The molecule has 0 unspecified atom stereocenters. The first-order valence-electron chi connectivity index (χ1n) is 6.30. The summed E-state index contributed by atoms with van der Waals surface area (Å²) in [5, 5.41) is 3.45. The lowest BCUT2D eigenvalue weighted by molar-refractivity contribution is 0.0384. The second-order valence-electron chi connectivity index (χ2n) is 4.05. The Labute approximate surface area is 95.2 Å². The summed E-state index contributed by atoms with van der Waals surface area (Å²) in [5.41, 5.74) is 0. The Morgan fingerprint density at radius 2 is 1.80 bits per heavy atom. The van der Waals surface area contributed by atoms with Crippen molar-refractivity contribution in [3.05, 3.63) is 0 Å². The van der Waals surface area contributed by atoms with Crippen LogP contribution in [0.4, 0.5) is 0 Å². The molecule has 0 aromatic heterocycles. The van der Waals surface area contributed by atoms with Gasteiger partial charge in [0.1, 0.15) is 0 Å². The zero-order chi connectivity index (χ0) is 11.5. The third-order valence-corrected chi connectivity index (χ3v) is 2.26. The maximum atomic E-state index is 5.28. The van der Waals surface area contributed by atoms with Crippen LogP contribution in [0.15, 0.2) is 0 Å². The zero-order valence-corrected chi connectivity index (χ0v) is 10.9. The number of nitrogens with one attached hydrogen (secondary N) is 1. The third-order valence-electron chi connectivity index (χ3n) is 2.26. The van der Waals surface area contributed by atoms with Crippen molar-refractivity contribution in [1.82, 2.24) is 10.2 Å². The number of morpholine rings is 1. The van der Waals surface area contributed by atoms with Crippen molar-refractivity contribution in [2.45, 2.75) is 27.7 Å². The summed E-state index contributed by atoms with van der Waals surface area (Å²) in [7, 11) is 0. The van der Waals surface area contributed by atoms with E-state index in [4.69, 9.17) is 4.74 Å². The van der Waals surface area contributed by atoms with Crippen LogP contribution in [-0.2, 0) is 4.74 Å². The van der Waals surface area contributed by atoms with Gasteiger partial charge in [-0.3, -0.25) is 4.90 Å². The van der Waals surface area contributed by atoms with Crippen LogP contribution in [0.1, 0.15) is 27.7 Å². The Morgan fingerprint density at radius 3 is 2.33 bits per heavy atom. The lowest BCUT2D eigenvalue weighted by Crippen LogP contribution is -2.40. The van der Waals surface area contributed by atoms with E-state index in [1.807, 2.05) is 13.8 Å². The Hall–Kier alpha value is -0.120. The van der Waals surface area contributed by atoms with Gasteiger partial charge in [0.2, 0.25) is 0 Å². The van der Waals surface area contributed by atoms with Gasteiger partial charge in [0.05, 0.1) is 13.2 Å². The van der Waals surface area contributed by atoms with Crippen molar-refractivity contribution >= 4 is 0 Å². The van der Waals surface area contributed by atoms with Crippen molar-refractivity contribution in [3.63, 3.8) is 0 Å². The molecule has 0 aliphatic carbocycles. The largest absolute Gasteiger partial charge is 0.379 e. The summed E-state index contributed by atoms with van der Waals surface area (Å²) in [6.07, 6.45) is 0. The summed E-state index contributed by atoms with van der Waals surface area (Å²) >= 11 is 0.